The lowest BCUT2D eigenvalue weighted by atomic mass is 10.2. The van der Waals surface area contributed by atoms with E-state index in [2.05, 4.69) is 6.92 Å². The molecule has 0 aliphatic carbocycles. The fourth-order valence-electron chi connectivity index (χ4n) is 1.63. The number of rotatable bonds is 8. The van der Waals surface area contributed by atoms with Crippen LogP contribution in [-0.4, -0.2) is 28.9 Å². The van der Waals surface area contributed by atoms with Crippen LogP contribution in [0.25, 0.3) is 0 Å². The van der Waals surface area contributed by atoms with Crippen molar-refractivity contribution in [1.82, 2.24) is 4.90 Å². The Morgan fingerprint density at radius 1 is 1.50 bits per heavy atom. The number of nitrogens with two attached hydrogens (primary N) is 1. The van der Waals surface area contributed by atoms with E-state index in [-0.39, 0.29) is 5.91 Å². The maximum atomic E-state index is 12.2. The van der Waals surface area contributed by atoms with Crippen molar-refractivity contribution in [2.75, 3.05) is 13.1 Å². The monoisotopic (exact) mass is 284 g/mol. The second-order valence-electron chi connectivity index (χ2n) is 4.21. The van der Waals surface area contributed by atoms with Gasteiger partial charge in [0.25, 0.3) is 0 Å². The van der Waals surface area contributed by atoms with Gasteiger partial charge < -0.3 is 10.6 Å². The molecule has 5 heteroatoms. The minimum atomic E-state index is 0.169. The van der Waals surface area contributed by atoms with Crippen molar-refractivity contribution in [3.8, 4) is 0 Å². The Bertz CT molecular complexity index is 376. The number of amides is 1. The highest BCUT2D eigenvalue weighted by molar-refractivity contribution is 7.80. The average Bonchev–Trinajstić information content (AvgIpc) is 2.81. The maximum Gasteiger partial charge on any atom is 0.227 e. The Morgan fingerprint density at radius 2 is 2.28 bits per heavy atom. The van der Waals surface area contributed by atoms with Gasteiger partial charge in [-0.2, -0.15) is 0 Å². The van der Waals surface area contributed by atoms with Crippen LogP contribution >= 0.6 is 23.6 Å². The third kappa shape index (κ3) is 5.60. The van der Waals surface area contributed by atoms with Crippen molar-refractivity contribution in [1.29, 1.82) is 0 Å². The average molecular weight is 284 g/mol. The van der Waals surface area contributed by atoms with Gasteiger partial charge in [0.1, 0.15) is 0 Å². The van der Waals surface area contributed by atoms with Gasteiger partial charge >= 0.3 is 0 Å². The Labute approximate surface area is 118 Å². The van der Waals surface area contributed by atoms with E-state index in [1.54, 1.807) is 11.3 Å². The summed E-state index contributed by atoms with van der Waals surface area (Å²) in [5.74, 6) is 0.169. The fourth-order valence-corrected chi connectivity index (χ4v) is 2.42. The number of hydrogen-bond donors (Lipinski definition) is 1. The minimum Gasteiger partial charge on any atom is -0.393 e. The highest BCUT2D eigenvalue weighted by Crippen LogP contribution is 2.11. The number of carbonyl (C=O) groups excluding carboxylic acids is 1. The van der Waals surface area contributed by atoms with Crippen LogP contribution < -0.4 is 5.73 Å². The van der Waals surface area contributed by atoms with Gasteiger partial charge in [0.05, 0.1) is 11.4 Å². The predicted octanol–water partition coefficient (Wildman–Crippen LogP) is 2.60. The first kappa shape index (κ1) is 15.1. The molecule has 18 heavy (non-hydrogen) atoms. The first-order valence-corrected chi connectivity index (χ1v) is 7.50. The maximum absolute atomic E-state index is 12.2. The largest absolute Gasteiger partial charge is 0.393 e. The Hall–Kier alpha value is -0.940. The molecule has 0 aliphatic heterocycles. The zero-order valence-corrected chi connectivity index (χ0v) is 12.4. The van der Waals surface area contributed by atoms with E-state index in [0.717, 1.165) is 24.3 Å². The van der Waals surface area contributed by atoms with E-state index in [1.807, 2.05) is 22.4 Å². The highest BCUT2D eigenvalue weighted by atomic mass is 32.1. The molecule has 0 aromatic carbocycles. The highest BCUT2D eigenvalue weighted by Gasteiger charge is 2.14. The molecule has 3 nitrogen and oxygen atoms in total. The van der Waals surface area contributed by atoms with Gasteiger partial charge in [-0.3, -0.25) is 4.79 Å². The summed E-state index contributed by atoms with van der Waals surface area (Å²) in [6.45, 7) is 3.55. The first-order chi connectivity index (χ1) is 8.63. The number of unbranched alkanes of at least 4 members (excludes halogenated alkanes) is 1. The van der Waals surface area contributed by atoms with Gasteiger partial charge in [0, 0.05) is 24.4 Å². The van der Waals surface area contributed by atoms with Gasteiger partial charge in [-0.25, -0.2) is 0 Å². The summed E-state index contributed by atoms with van der Waals surface area (Å²) in [4.78, 5) is 15.6. The van der Waals surface area contributed by atoms with E-state index in [4.69, 9.17) is 18.0 Å². The number of thiocarbonyl (C=S) groups is 1. The van der Waals surface area contributed by atoms with E-state index in [0.29, 0.717) is 24.4 Å². The van der Waals surface area contributed by atoms with Crippen LogP contribution in [0.3, 0.4) is 0 Å². The first-order valence-electron chi connectivity index (χ1n) is 6.22. The summed E-state index contributed by atoms with van der Waals surface area (Å²) in [7, 11) is 0. The smallest absolute Gasteiger partial charge is 0.227 e. The molecule has 1 aromatic rings. The van der Waals surface area contributed by atoms with Crippen molar-refractivity contribution in [3.05, 3.63) is 22.4 Å². The lowest BCUT2D eigenvalue weighted by Gasteiger charge is -2.22. The summed E-state index contributed by atoms with van der Waals surface area (Å²) in [6.07, 6.45) is 3.19. The number of nitrogens with zero attached hydrogens (tertiary/aromatic N) is 1. The molecule has 0 unspecified atom stereocenters. The van der Waals surface area contributed by atoms with E-state index in [1.165, 1.54) is 0 Å². The molecular formula is C13H20N2OS2. The summed E-state index contributed by atoms with van der Waals surface area (Å²) >= 11 is 6.49. The normalized spacial score (nSPS) is 10.3. The van der Waals surface area contributed by atoms with Gasteiger partial charge in [-0.1, -0.05) is 31.6 Å². The van der Waals surface area contributed by atoms with Crippen molar-refractivity contribution >= 4 is 34.5 Å². The summed E-state index contributed by atoms with van der Waals surface area (Å²) in [5, 5.41) is 1.99. The molecule has 0 aliphatic rings. The molecular weight excluding hydrogens is 264 g/mol. The van der Waals surface area contributed by atoms with E-state index in [9.17, 15) is 4.79 Å². The molecule has 1 amide bonds. The van der Waals surface area contributed by atoms with Crippen LogP contribution in [0.5, 0.6) is 0 Å². The quantitative estimate of drug-likeness (QED) is 0.746. The molecule has 2 N–H and O–H groups in total. The Balaban J connectivity index is 2.51. The second kappa shape index (κ2) is 8.21. The van der Waals surface area contributed by atoms with Gasteiger partial charge in [-0.15, -0.1) is 11.3 Å². The molecule has 0 saturated carbocycles. The molecule has 100 valence electrons. The second-order valence-corrected chi connectivity index (χ2v) is 5.76. The van der Waals surface area contributed by atoms with Crippen molar-refractivity contribution in [2.45, 2.75) is 32.6 Å². The fraction of sp³-hybridized carbons (Fsp3) is 0.538. The molecule has 1 rings (SSSR count). The Morgan fingerprint density at radius 3 is 2.83 bits per heavy atom. The van der Waals surface area contributed by atoms with Crippen molar-refractivity contribution in [2.24, 2.45) is 5.73 Å². The number of carbonyl (C=O) groups is 1. The lowest BCUT2D eigenvalue weighted by molar-refractivity contribution is -0.130. The van der Waals surface area contributed by atoms with Crippen molar-refractivity contribution < 1.29 is 4.79 Å². The molecule has 0 radical (unpaired) electrons. The summed E-state index contributed by atoms with van der Waals surface area (Å²) in [5.41, 5.74) is 5.50. The van der Waals surface area contributed by atoms with Crippen LogP contribution in [0.2, 0.25) is 0 Å². The summed E-state index contributed by atoms with van der Waals surface area (Å²) < 4.78 is 0. The molecule has 1 aromatic heterocycles. The van der Waals surface area contributed by atoms with Crippen LogP contribution in [0.4, 0.5) is 0 Å². The Kier molecular flexibility index (Phi) is 6.90. The van der Waals surface area contributed by atoms with Gasteiger partial charge in [0.15, 0.2) is 0 Å². The third-order valence-corrected chi connectivity index (χ3v) is 3.75. The standard InChI is InChI=1S/C13H20N2OS2/c1-2-3-7-15(8-6-12(14)17)13(16)10-11-5-4-9-18-11/h4-5,9H,2-3,6-8,10H2,1H3,(H2,14,17). The van der Waals surface area contributed by atoms with E-state index < -0.39 is 0 Å². The molecule has 0 fully saturated rings. The van der Waals surface area contributed by atoms with E-state index >= 15 is 0 Å². The molecule has 1 heterocycles. The van der Waals surface area contributed by atoms with Gasteiger partial charge in [-0.05, 0) is 17.9 Å². The lowest BCUT2D eigenvalue weighted by Crippen LogP contribution is -2.35. The molecule has 0 atom stereocenters. The molecule has 0 spiro atoms. The van der Waals surface area contributed by atoms with Crippen LogP contribution in [0.15, 0.2) is 17.5 Å². The van der Waals surface area contributed by atoms with Gasteiger partial charge in [0.2, 0.25) is 5.91 Å². The number of hydrogen-bond acceptors (Lipinski definition) is 3. The number of thiophene rings is 1. The van der Waals surface area contributed by atoms with Crippen LogP contribution in [-0.2, 0) is 11.2 Å². The SMILES string of the molecule is CCCCN(CCC(N)=S)C(=O)Cc1cccs1. The molecule has 0 bridgehead atoms. The molecule has 0 saturated heterocycles. The zero-order chi connectivity index (χ0) is 13.4. The summed E-state index contributed by atoms with van der Waals surface area (Å²) in [6, 6.07) is 3.97. The van der Waals surface area contributed by atoms with Crippen LogP contribution in [0, 0.1) is 0 Å². The third-order valence-electron chi connectivity index (χ3n) is 2.67. The zero-order valence-electron chi connectivity index (χ0n) is 10.7. The topological polar surface area (TPSA) is 46.3 Å². The van der Waals surface area contributed by atoms with Crippen LogP contribution in [0.1, 0.15) is 31.1 Å². The minimum absolute atomic E-state index is 0.169. The van der Waals surface area contributed by atoms with Crippen molar-refractivity contribution in [3.63, 3.8) is 0 Å². The predicted molar refractivity (Wildman–Crippen MR) is 80.9 cm³/mol.